The zero-order chi connectivity index (χ0) is 13.9. The topological polar surface area (TPSA) is 38.3 Å². The molecule has 0 saturated carbocycles. The SMILES string of the molecule is CCCCCCNC(=O)Cc1ccc(OCC)cc1. The maximum atomic E-state index is 11.7. The van der Waals surface area contributed by atoms with Crippen molar-refractivity contribution < 1.29 is 9.53 Å². The van der Waals surface area contributed by atoms with Crippen LogP contribution in [-0.2, 0) is 11.2 Å². The highest BCUT2D eigenvalue weighted by Gasteiger charge is 2.03. The number of benzene rings is 1. The van der Waals surface area contributed by atoms with E-state index in [0.29, 0.717) is 13.0 Å². The van der Waals surface area contributed by atoms with Gasteiger partial charge in [0.1, 0.15) is 5.75 Å². The normalized spacial score (nSPS) is 10.2. The molecule has 0 heterocycles. The van der Waals surface area contributed by atoms with Crippen LogP contribution in [-0.4, -0.2) is 19.1 Å². The van der Waals surface area contributed by atoms with Gasteiger partial charge in [-0.3, -0.25) is 4.79 Å². The summed E-state index contributed by atoms with van der Waals surface area (Å²) in [5.41, 5.74) is 1.02. The molecule has 3 heteroatoms. The Hall–Kier alpha value is -1.51. The number of nitrogens with one attached hydrogen (secondary N) is 1. The fraction of sp³-hybridized carbons (Fsp3) is 0.562. The van der Waals surface area contributed by atoms with Crippen LogP contribution < -0.4 is 10.1 Å². The van der Waals surface area contributed by atoms with Crippen LogP contribution in [0.5, 0.6) is 5.75 Å². The molecule has 1 amide bonds. The summed E-state index contributed by atoms with van der Waals surface area (Å²) in [5, 5.41) is 2.96. The Balaban J connectivity index is 2.24. The average Bonchev–Trinajstić information content (AvgIpc) is 2.41. The molecule has 1 aromatic carbocycles. The number of unbranched alkanes of at least 4 members (excludes halogenated alkanes) is 3. The molecule has 0 fully saturated rings. The van der Waals surface area contributed by atoms with Crippen molar-refractivity contribution in [3.05, 3.63) is 29.8 Å². The van der Waals surface area contributed by atoms with Crippen LogP contribution in [0.1, 0.15) is 45.1 Å². The summed E-state index contributed by atoms with van der Waals surface area (Å²) in [6, 6.07) is 7.71. The first-order valence-corrected chi connectivity index (χ1v) is 7.24. The molecule has 0 spiro atoms. The molecule has 0 aliphatic carbocycles. The van der Waals surface area contributed by atoms with Crippen LogP contribution in [0.2, 0.25) is 0 Å². The molecule has 0 aliphatic rings. The highest BCUT2D eigenvalue weighted by Crippen LogP contribution is 2.12. The first kappa shape index (κ1) is 15.5. The lowest BCUT2D eigenvalue weighted by Crippen LogP contribution is -2.26. The lowest BCUT2D eigenvalue weighted by atomic mass is 10.1. The van der Waals surface area contributed by atoms with Gasteiger partial charge in [-0.05, 0) is 31.0 Å². The minimum Gasteiger partial charge on any atom is -0.494 e. The van der Waals surface area contributed by atoms with Crippen molar-refractivity contribution in [2.45, 2.75) is 46.0 Å². The van der Waals surface area contributed by atoms with Crippen molar-refractivity contribution in [3.8, 4) is 5.75 Å². The summed E-state index contributed by atoms with van der Waals surface area (Å²) in [7, 11) is 0. The van der Waals surface area contributed by atoms with Gasteiger partial charge < -0.3 is 10.1 Å². The fourth-order valence-corrected chi connectivity index (χ4v) is 1.90. The molecular formula is C16H25NO2. The van der Waals surface area contributed by atoms with Crippen molar-refractivity contribution in [2.24, 2.45) is 0 Å². The van der Waals surface area contributed by atoms with Crippen molar-refractivity contribution >= 4 is 5.91 Å². The van der Waals surface area contributed by atoms with E-state index in [1.165, 1.54) is 19.3 Å². The molecule has 106 valence electrons. The van der Waals surface area contributed by atoms with E-state index < -0.39 is 0 Å². The van der Waals surface area contributed by atoms with Crippen LogP contribution >= 0.6 is 0 Å². The molecule has 3 nitrogen and oxygen atoms in total. The third-order valence-corrected chi connectivity index (χ3v) is 2.95. The quantitative estimate of drug-likeness (QED) is 0.694. The van der Waals surface area contributed by atoms with Crippen LogP contribution in [0.4, 0.5) is 0 Å². The summed E-state index contributed by atoms with van der Waals surface area (Å²) in [6.45, 7) is 5.60. The highest BCUT2D eigenvalue weighted by atomic mass is 16.5. The Bertz CT molecular complexity index is 360. The summed E-state index contributed by atoms with van der Waals surface area (Å²) >= 11 is 0. The third-order valence-electron chi connectivity index (χ3n) is 2.95. The van der Waals surface area contributed by atoms with Gasteiger partial charge in [-0.15, -0.1) is 0 Å². The summed E-state index contributed by atoms with van der Waals surface area (Å²) < 4.78 is 5.37. The monoisotopic (exact) mass is 263 g/mol. The van der Waals surface area contributed by atoms with E-state index in [4.69, 9.17) is 4.74 Å². The molecule has 0 saturated heterocycles. The largest absolute Gasteiger partial charge is 0.494 e. The molecule has 1 aromatic rings. The highest BCUT2D eigenvalue weighted by molar-refractivity contribution is 5.78. The van der Waals surface area contributed by atoms with E-state index >= 15 is 0 Å². The minimum atomic E-state index is 0.0978. The summed E-state index contributed by atoms with van der Waals surface area (Å²) in [4.78, 5) is 11.7. The standard InChI is InChI=1S/C16H25NO2/c1-3-5-6-7-12-17-16(18)13-14-8-10-15(11-9-14)19-4-2/h8-11H,3-7,12-13H2,1-2H3,(H,17,18). The average molecular weight is 263 g/mol. The van der Waals surface area contributed by atoms with E-state index in [-0.39, 0.29) is 5.91 Å². The maximum absolute atomic E-state index is 11.7. The van der Waals surface area contributed by atoms with E-state index in [2.05, 4.69) is 12.2 Å². The van der Waals surface area contributed by atoms with Crippen molar-refractivity contribution in [3.63, 3.8) is 0 Å². The van der Waals surface area contributed by atoms with Gasteiger partial charge >= 0.3 is 0 Å². The number of ether oxygens (including phenoxy) is 1. The second-order valence-corrected chi connectivity index (χ2v) is 4.66. The first-order chi connectivity index (χ1) is 9.26. The lowest BCUT2D eigenvalue weighted by Gasteiger charge is -2.06. The molecule has 1 N–H and O–H groups in total. The summed E-state index contributed by atoms with van der Waals surface area (Å²) in [5.74, 6) is 0.951. The van der Waals surface area contributed by atoms with Gasteiger partial charge in [0.15, 0.2) is 0 Å². The van der Waals surface area contributed by atoms with Crippen LogP contribution in [0, 0.1) is 0 Å². The number of hydrogen-bond donors (Lipinski definition) is 1. The third kappa shape index (κ3) is 6.85. The molecule has 1 rings (SSSR count). The van der Waals surface area contributed by atoms with Crippen molar-refractivity contribution in [1.29, 1.82) is 0 Å². The Labute approximate surface area is 116 Å². The van der Waals surface area contributed by atoms with E-state index in [9.17, 15) is 4.79 Å². The Kier molecular flexibility index (Phi) is 7.71. The van der Waals surface area contributed by atoms with Gasteiger partial charge in [-0.1, -0.05) is 38.3 Å². The number of amides is 1. The van der Waals surface area contributed by atoms with E-state index in [1.807, 2.05) is 31.2 Å². The molecular weight excluding hydrogens is 238 g/mol. The predicted molar refractivity (Wildman–Crippen MR) is 78.5 cm³/mol. The second-order valence-electron chi connectivity index (χ2n) is 4.66. The molecule has 0 bridgehead atoms. The number of rotatable bonds is 9. The smallest absolute Gasteiger partial charge is 0.224 e. The van der Waals surface area contributed by atoms with Gasteiger partial charge in [0.2, 0.25) is 5.91 Å². The predicted octanol–water partition coefficient (Wildman–Crippen LogP) is 3.32. The zero-order valence-corrected chi connectivity index (χ0v) is 12.1. The molecule has 0 radical (unpaired) electrons. The molecule has 0 aliphatic heterocycles. The molecule has 0 aromatic heterocycles. The minimum absolute atomic E-state index is 0.0978. The van der Waals surface area contributed by atoms with E-state index in [0.717, 1.165) is 24.3 Å². The first-order valence-electron chi connectivity index (χ1n) is 7.24. The molecule has 19 heavy (non-hydrogen) atoms. The molecule has 0 unspecified atom stereocenters. The van der Waals surface area contributed by atoms with Crippen LogP contribution in [0.3, 0.4) is 0 Å². The van der Waals surface area contributed by atoms with Crippen molar-refractivity contribution in [1.82, 2.24) is 5.32 Å². The van der Waals surface area contributed by atoms with Gasteiger partial charge in [0, 0.05) is 6.54 Å². The number of carbonyl (C=O) groups is 1. The fourth-order valence-electron chi connectivity index (χ4n) is 1.90. The summed E-state index contributed by atoms with van der Waals surface area (Å²) in [6.07, 6.45) is 5.18. The maximum Gasteiger partial charge on any atom is 0.224 e. The second kappa shape index (κ2) is 9.42. The lowest BCUT2D eigenvalue weighted by molar-refractivity contribution is -0.120. The van der Waals surface area contributed by atoms with Crippen molar-refractivity contribution in [2.75, 3.05) is 13.2 Å². The zero-order valence-electron chi connectivity index (χ0n) is 12.1. The number of carbonyl (C=O) groups excluding carboxylic acids is 1. The number of hydrogen-bond acceptors (Lipinski definition) is 2. The van der Waals surface area contributed by atoms with Crippen LogP contribution in [0.25, 0.3) is 0 Å². The Morgan fingerprint density at radius 1 is 1.11 bits per heavy atom. The van der Waals surface area contributed by atoms with Gasteiger partial charge in [0.25, 0.3) is 0 Å². The van der Waals surface area contributed by atoms with Gasteiger partial charge in [-0.2, -0.15) is 0 Å². The Morgan fingerprint density at radius 3 is 2.47 bits per heavy atom. The Morgan fingerprint density at radius 2 is 1.84 bits per heavy atom. The van der Waals surface area contributed by atoms with Gasteiger partial charge in [0.05, 0.1) is 13.0 Å². The van der Waals surface area contributed by atoms with Crippen LogP contribution in [0.15, 0.2) is 24.3 Å². The van der Waals surface area contributed by atoms with E-state index in [1.54, 1.807) is 0 Å². The van der Waals surface area contributed by atoms with Gasteiger partial charge in [-0.25, -0.2) is 0 Å². The molecule has 0 atom stereocenters.